The lowest BCUT2D eigenvalue weighted by molar-refractivity contribution is 0.168. The second-order valence-electron chi connectivity index (χ2n) is 5.05. The number of benzene rings is 1. The lowest BCUT2D eigenvalue weighted by Gasteiger charge is -2.23. The Hall–Kier alpha value is -1.24. The van der Waals surface area contributed by atoms with Crippen LogP contribution in [0.1, 0.15) is 19.8 Å². The Morgan fingerprint density at radius 2 is 2.00 bits per heavy atom. The summed E-state index contributed by atoms with van der Waals surface area (Å²) in [6, 6.07) is 10.2. The average Bonchev–Trinajstić information content (AvgIpc) is 2.74. The Morgan fingerprint density at radius 1 is 1.20 bits per heavy atom. The molecule has 3 atom stereocenters. The van der Waals surface area contributed by atoms with Gasteiger partial charge in [-0.3, -0.25) is 0 Å². The molecule has 0 radical (unpaired) electrons. The fourth-order valence-corrected chi connectivity index (χ4v) is 2.85. The van der Waals surface area contributed by atoms with Crippen molar-refractivity contribution in [2.45, 2.75) is 25.9 Å². The minimum atomic E-state index is 0.391. The molecule has 3 unspecified atom stereocenters. The third kappa shape index (κ3) is 1.56. The van der Waals surface area contributed by atoms with Crippen molar-refractivity contribution >= 4 is 0 Å². The highest BCUT2D eigenvalue weighted by atomic mass is 16.5. The Bertz CT molecular complexity index is 382. The predicted molar refractivity (Wildman–Crippen MR) is 60.8 cm³/mol. The highest BCUT2D eigenvalue weighted by Crippen LogP contribution is 2.49. The van der Waals surface area contributed by atoms with Crippen molar-refractivity contribution in [3.8, 4) is 5.75 Å². The Morgan fingerprint density at radius 3 is 2.60 bits per heavy atom. The van der Waals surface area contributed by atoms with Crippen LogP contribution in [0.25, 0.3) is 0 Å². The summed E-state index contributed by atoms with van der Waals surface area (Å²) in [5.41, 5.74) is 0.407. The van der Waals surface area contributed by atoms with E-state index in [9.17, 15) is 0 Å². The summed E-state index contributed by atoms with van der Waals surface area (Å²) in [5, 5.41) is 0. The minimum Gasteiger partial charge on any atom is -0.490 e. The number of para-hydroxylation sites is 1. The van der Waals surface area contributed by atoms with E-state index in [0.29, 0.717) is 17.4 Å². The van der Waals surface area contributed by atoms with Crippen LogP contribution in [0, 0.1) is 11.3 Å². The van der Waals surface area contributed by atoms with Crippen LogP contribution in [0.2, 0.25) is 0 Å². The van der Waals surface area contributed by atoms with Gasteiger partial charge < -0.3 is 4.74 Å². The van der Waals surface area contributed by atoms with E-state index in [2.05, 4.69) is 19.1 Å². The third-order valence-electron chi connectivity index (χ3n) is 3.62. The van der Waals surface area contributed by atoms with Gasteiger partial charge in [0.1, 0.15) is 11.9 Å². The SMILES string of the molecule is CC12C=CC(C1)C(Oc1ccccc1)C2. The smallest absolute Gasteiger partial charge is 0.119 e. The maximum absolute atomic E-state index is 6.02. The minimum absolute atomic E-state index is 0.391. The van der Waals surface area contributed by atoms with Gasteiger partial charge in [0.05, 0.1) is 0 Å². The van der Waals surface area contributed by atoms with E-state index in [0.717, 1.165) is 5.75 Å². The zero-order valence-electron chi connectivity index (χ0n) is 9.02. The molecule has 2 aliphatic carbocycles. The average molecular weight is 200 g/mol. The van der Waals surface area contributed by atoms with E-state index in [-0.39, 0.29) is 0 Å². The molecule has 0 amide bonds. The molecular formula is C14H16O. The Kier molecular flexibility index (Phi) is 1.88. The van der Waals surface area contributed by atoms with Gasteiger partial charge in [-0.25, -0.2) is 0 Å². The van der Waals surface area contributed by atoms with Crippen LogP contribution in [-0.2, 0) is 0 Å². The molecular weight excluding hydrogens is 184 g/mol. The van der Waals surface area contributed by atoms with Crippen LogP contribution in [0.4, 0.5) is 0 Å². The molecule has 0 aromatic heterocycles. The molecule has 1 heteroatoms. The largest absolute Gasteiger partial charge is 0.490 e. The van der Waals surface area contributed by atoms with Crippen molar-refractivity contribution in [3.05, 3.63) is 42.5 Å². The number of fused-ring (bicyclic) bond motifs is 2. The van der Waals surface area contributed by atoms with Gasteiger partial charge in [0, 0.05) is 5.92 Å². The van der Waals surface area contributed by atoms with Gasteiger partial charge in [0.15, 0.2) is 0 Å². The van der Waals surface area contributed by atoms with Crippen molar-refractivity contribution < 1.29 is 4.74 Å². The summed E-state index contributed by atoms with van der Waals surface area (Å²) in [7, 11) is 0. The maximum atomic E-state index is 6.02. The van der Waals surface area contributed by atoms with E-state index in [4.69, 9.17) is 4.74 Å². The molecule has 3 rings (SSSR count). The first-order valence-electron chi connectivity index (χ1n) is 5.66. The second-order valence-corrected chi connectivity index (χ2v) is 5.05. The first kappa shape index (κ1) is 9.02. The molecule has 1 aromatic rings. The van der Waals surface area contributed by atoms with E-state index in [1.807, 2.05) is 30.3 Å². The number of allylic oxidation sites excluding steroid dienone is 1. The van der Waals surface area contributed by atoms with Gasteiger partial charge in [-0.1, -0.05) is 37.3 Å². The molecule has 0 heterocycles. The first-order chi connectivity index (χ1) is 7.25. The molecule has 15 heavy (non-hydrogen) atoms. The van der Waals surface area contributed by atoms with Gasteiger partial charge in [0.2, 0.25) is 0 Å². The highest BCUT2D eigenvalue weighted by molar-refractivity contribution is 5.24. The van der Waals surface area contributed by atoms with Gasteiger partial charge in [0.25, 0.3) is 0 Å². The first-order valence-corrected chi connectivity index (χ1v) is 5.66. The number of hydrogen-bond donors (Lipinski definition) is 0. The summed E-state index contributed by atoms with van der Waals surface area (Å²) in [6.07, 6.45) is 7.52. The van der Waals surface area contributed by atoms with Crippen LogP contribution >= 0.6 is 0 Å². The molecule has 1 fully saturated rings. The van der Waals surface area contributed by atoms with E-state index in [1.165, 1.54) is 12.8 Å². The van der Waals surface area contributed by atoms with Crippen molar-refractivity contribution in [1.29, 1.82) is 0 Å². The summed E-state index contributed by atoms with van der Waals surface area (Å²) >= 11 is 0. The number of rotatable bonds is 2. The van der Waals surface area contributed by atoms with E-state index >= 15 is 0 Å². The number of hydrogen-bond acceptors (Lipinski definition) is 1. The van der Waals surface area contributed by atoms with E-state index in [1.54, 1.807) is 0 Å². The van der Waals surface area contributed by atoms with Gasteiger partial charge in [-0.15, -0.1) is 0 Å². The quantitative estimate of drug-likeness (QED) is 0.665. The molecule has 0 N–H and O–H groups in total. The highest BCUT2D eigenvalue weighted by Gasteiger charge is 2.44. The van der Waals surface area contributed by atoms with Crippen LogP contribution in [0.15, 0.2) is 42.5 Å². The van der Waals surface area contributed by atoms with Gasteiger partial charge >= 0.3 is 0 Å². The zero-order valence-corrected chi connectivity index (χ0v) is 9.02. The topological polar surface area (TPSA) is 9.23 Å². The van der Waals surface area contributed by atoms with Crippen LogP contribution in [0.5, 0.6) is 5.75 Å². The predicted octanol–water partition coefficient (Wildman–Crippen LogP) is 3.42. The lowest BCUT2D eigenvalue weighted by Crippen LogP contribution is -2.22. The van der Waals surface area contributed by atoms with Crippen molar-refractivity contribution in [1.82, 2.24) is 0 Å². The summed E-state index contributed by atoms with van der Waals surface area (Å²) in [4.78, 5) is 0. The van der Waals surface area contributed by atoms with Crippen molar-refractivity contribution in [3.63, 3.8) is 0 Å². The monoisotopic (exact) mass is 200 g/mol. The van der Waals surface area contributed by atoms with Crippen molar-refractivity contribution in [2.75, 3.05) is 0 Å². The van der Waals surface area contributed by atoms with Crippen LogP contribution in [-0.4, -0.2) is 6.10 Å². The second kappa shape index (κ2) is 3.13. The van der Waals surface area contributed by atoms with Crippen LogP contribution in [0.3, 0.4) is 0 Å². The summed E-state index contributed by atoms with van der Waals surface area (Å²) < 4.78 is 6.02. The summed E-state index contributed by atoms with van der Waals surface area (Å²) in [5.74, 6) is 1.64. The zero-order chi connectivity index (χ0) is 10.3. The fraction of sp³-hybridized carbons (Fsp3) is 0.429. The lowest BCUT2D eigenvalue weighted by atomic mass is 9.90. The molecule has 1 aromatic carbocycles. The van der Waals surface area contributed by atoms with Gasteiger partial charge in [-0.2, -0.15) is 0 Å². The molecule has 1 saturated carbocycles. The van der Waals surface area contributed by atoms with E-state index < -0.39 is 0 Å². The normalized spacial score (nSPS) is 37.1. The number of ether oxygens (including phenoxy) is 1. The van der Waals surface area contributed by atoms with Gasteiger partial charge in [-0.05, 0) is 30.4 Å². The fourth-order valence-electron chi connectivity index (χ4n) is 2.85. The molecule has 0 aliphatic heterocycles. The summed E-state index contributed by atoms with van der Waals surface area (Å²) in [6.45, 7) is 2.33. The van der Waals surface area contributed by atoms with Crippen molar-refractivity contribution in [2.24, 2.45) is 11.3 Å². The maximum Gasteiger partial charge on any atom is 0.119 e. The molecule has 2 bridgehead atoms. The molecule has 78 valence electrons. The third-order valence-corrected chi connectivity index (χ3v) is 3.62. The molecule has 0 saturated heterocycles. The van der Waals surface area contributed by atoms with Crippen LogP contribution < -0.4 is 4.74 Å². The molecule has 2 aliphatic rings. The molecule has 0 spiro atoms. The Balaban J connectivity index is 1.74. The molecule has 1 nitrogen and oxygen atoms in total. The Labute approximate surface area is 90.8 Å². The standard InChI is InChI=1S/C14H16O/c1-14-8-7-11(9-14)13(10-14)15-12-5-3-2-4-6-12/h2-8,11,13H,9-10H2,1H3.